The summed E-state index contributed by atoms with van der Waals surface area (Å²) in [6.07, 6.45) is 6.36. The third-order valence-electron chi connectivity index (χ3n) is 3.16. The van der Waals surface area contributed by atoms with Gasteiger partial charge >= 0.3 is 0 Å². The van der Waals surface area contributed by atoms with Crippen LogP contribution >= 0.6 is 0 Å². The Labute approximate surface area is 139 Å². The van der Waals surface area contributed by atoms with Crippen LogP contribution in [-0.4, -0.2) is 16.4 Å². The van der Waals surface area contributed by atoms with Crippen molar-refractivity contribution in [2.45, 2.75) is 19.4 Å². The molecule has 24 heavy (non-hydrogen) atoms. The van der Waals surface area contributed by atoms with Crippen LogP contribution in [-0.2, 0) is 0 Å². The fraction of sp³-hybridized carbons (Fsp3) is 0.167. The van der Waals surface area contributed by atoms with E-state index in [-0.39, 0.29) is 11.4 Å². The number of hydrogen-bond donors (Lipinski definition) is 2. The van der Waals surface area contributed by atoms with Crippen molar-refractivity contribution >= 4 is 17.4 Å². The van der Waals surface area contributed by atoms with E-state index in [2.05, 4.69) is 21.5 Å². The zero-order valence-corrected chi connectivity index (χ0v) is 13.2. The molecule has 1 aromatic carbocycles. The number of amides is 1. The highest BCUT2D eigenvalue weighted by Crippen LogP contribution is 2.20. The topological polar surface area (TPSA) is 77.8 Å². The quantitative estimate of drug-likeness (QED) is 0.848. The molecule has 1 heterocycles. The Morgan fingerprint density at radius 2 is 2.00 bits per heavy atom. The molecule has 1 aromatic heterocycles. The molecule has 0 saturated carbocycles. The van der Waals surface area contributed by atoms with E-state index in [1.807, 2.05) is 6.07 Å². The summed E-state index contributed by atoms with van der Waals surface area (Å²) in [7, 11) is 0. The van der Waals surface area contributed by atoms with Gasteiger partial charge in [-0.15, -0.1) is 6.42 Å². The Balaban J connectivity index is 2.32. The second kappa shape index (κ2) is 6.80. The average molecular weight is 322 g/mol. The molecular weight excluding hydrogens is 307 g/mol. The summed E-state index contributed by atoms with van der Waals surface area (Å²) >= 11 is 0. The number of nitrogens with one attached hydrogen (secondary N) is 2. The zero-order chi connectivity index (χ0) is 17.7. The molecule has 0 saturated heterocycles. The van der Waals surface area contributed by atoms with Gasteiger partial charge in [0.2, 0.25) is 0 Å². The number of halogens is 1. The molecule has 0 atom stereocenters. The van der Waals surface area contributed by atoms with Crippen molar-refractivity contribution in [2.75, 3.05) is 5.32 Å². The smallest absolute Gasteiger partial charge is 0.256 e. The maximum absolute atomic E-state index is 13.5. The molecule has 0 aliphatic carbocycles. The normalized spacial score (nSPS) is 10.4. The van der Waals surface area contributed by atoms with Gasteiger partial charge in [-0.1, -0.05) is 5.92 Å². The summed E-state index contributed by atoms with van der Waals surface area (Å²) < 4.78 is 13.5. The molecule has 0 fully saturated rings. The lowest BCUT2D eigenvalue weighted by Crippen LogP contribution is -2.42. The molecule has 6 heteroatoms. The minimum Gasteiger partial charge on any atom is -0.340 e. The lowest BCUT2D eigenvalue weighted by molar-refractivity contribution is 0.0930. The predicted molar refractivity (Wildman–Crippen MR) is 89.0 cm³/mol. The third kappa shape index (κ3) is 4.08. The number of benzene rings is 1. The number of nitriles is 1. The highest BCUT2D eigenvalue weighted by molar-refractivity contribution is 6.00. The lowest BCUT2D eigenvalue weighted by atomic mass is 10.1. The van der Waals surface area contributed by atoms with E-state index in [9.17, 15) is 9.18 Å². The molecule has 0 radical (unpaired) electrons. The number of nitrogens with zero attached hydrogens (tertiary/aromatic N) is 2. The maximum atomic E-state index is 13.5. The van der Waals surface area contributed by atoms with E-state index in [1.165, 1.54) is 0 Å². The molecule has 2 rings (SSSR count). The van der Waals surface area contributed by atoms with Crippen molar-refractivity contribution in [1.29, 1.82) is 5.26 Å². The van der Waals surface area contributed by atoms with Gasteiger partial charge in [0.25, 0.3) is 5.91 Å². The summed E-state index contributed by atoms with van der Waals surface area (Å²) in [5, 5.41) is 14.4. The first-order valence-electron chi connectivity index (χ1n) is 7.07. The van der Waals surface area contributed by atoms with Crippen LogP contribution in [0.1, 0.15) is 29.8 Å². The van der Waals surface area contributed by atoms with E-state index in [0.717, 1.165) is 12.3 Å². The Morgan fingerprint density at radius 3 is 2.58 bits per heavy atom. The minimum atomic E-state index is -0.880. The molecule has 2 aromatic rings. The van der Waals surface area contributed by atoms with E-state index in [1.54, 1.807) is 38.1 Å². The van der Waals surface area contributed by atoms with Gasteiger partial charge in [0, 0.05) is 5.69 Å². The highest BCUT2D eigenvalue weighted by Gasteiger charge is 2.21. The Kier molecular flexibility index (Phi) is 4.81. The summed E-state index contributed by atoms with van der Waals surface area (Å²) in [5.74, 6) is 1.45. The number of carbonyl (C=O) groups is 1. The van der Waals surface area contributed by atoms with Crippen molar-refractivity contribution in [2.24, 2.45) is 0 Å². The number of terminal acetylenes is 1. The summed E-state index contributed by atoms with van der Waals surface area (Å²) in [5.41, 5.74) is 0.261. The van der Waals surface area contributed by atoms with Crippen LogP contribution in [0.2, 0.25) is 0 Å². The fourth-order valence-corrected chi connectivity index (χ4v) is 1.86. The van der Waals surface area contributed by atoms with E-state index in [0.29, 0.717) is 11.3 Å². The number of aromatic nitrogens is 1. The number of pyridine rings is 1. The number of anilines is 2. The van der Waals surface area contributed by atoms with Crippen molar-refractivity contribution < 1.29 is 9.18 Å². The summed E-state index contributed by atoms with van der Waals surface area (Å²) in [6, 6.07) is 9.66. The van der Waals surface area contributed by atoms with Crippen LogP contribution in [0.15, 0.2) is 36.5 Å². The molecule has 120 valence electrons. The molecule has 0 bridgehead atoms. The molecule has 2 N–H and O–H groups in total. The van der Waals surface area contributed by atoms with E-state index < -0.39 is 17.3 Å². The van der Waals surface area contributed by atoms with Crippen molar-refractivity contribution in [1.82, 2.24) is 10.3 Å². The molecule has 1 amide bonds. The molecule has 0 aliphatic heterocycles. The third-order valence-corrected chi connectivity index (χ3v) is 3.16. The molecule has 5 nitrogen and oxygen atoms in total. The van der Waals surface area contributed by atoms with Gasteiger partial charge in [-0.25, -0.2) is 9.37 Å². The first kappa shape index (κ1) is 17.0. The second-order valence-electron chi connectivity index (χ2n) is 5.59. The van der Waals surface area contributed by atoms with Crippen LogP contribution in [0.4, 0.5) is 15.9 Å². The summed E-state index contributed by atoms with van der Waals surface area (Å²) in [6.45, 7) is 3.32. The van der Waals surface area contributed by atoms with Crippen molar-refractivity contribution in [3.8, 4) is 18.4 Å². The SMILES string of the molecule is C#CC(C)(C)NC(=O)c1cc(F)cnc1Nc1ccc(C#N)cc1. The molecule has 0 unspecified atom stereocenters. The fourth-order valence-electron chi connectivity index (χ4n) is 1.86. The number of carbonyl (C=O) groups excluding carboxylic acids is 1. The van der Waals surface area contributed by atoms with Crippen LogP contribution in [0.5, 0.6) is 0 Å². The summed E-state index contributed by atoms with van der Waals surface area (Å²) in [4.78, 5) is 16.3. The van der Waals surface area contributed by atoms with Crippen molar-refractivity contribution in [3.05, 3.63) is 53.5 Å². The Hall–Kier alpha value is -3.38. The number of hydrogen-bond acceptors (Lipinski definition) is 4. The second-order valence-corrected chi connectivity index (χ2v) is 5.59. The maximum Gasteiger partial charge on any atom is 0.256 e. The Bertz CT molecular complexity index is 845. The van der Waals surface area contributed by atoms with Crippen molar-refractivity contribution in [3.63, 3.8) is 0 Å². The van der Waals surface area contributed by atoms with Gasteiger partial charge in [0.05, 0.1) is 28.9 Å². The Morgan fingerprint density at radius 1 is 1.33 bits per heavy atom. The highest BCUT2D eigenvalue weighted by atomic mass is 19.1. The van der Waals surface area contributed by atoms with Gasteiger partial charge < -0.3 is 10.6 Å². The first-order chi connectivity index (χ1) is 11.3. The van der Waals surface area contributed by atoms with E-state index in [4.69, 9.17) is 11.7 Å². The van der Waals surface area contributed by atoms with Gasteiger partial charge in [0.1, 0.15) is 11.6 Å². The predicted octanol–water partition coefficient (Wildman–Crippen LogP) is 2.98. The monoisotopic (exact) mass is 322 g/mol. The van der Waals surface area contributed by atoms with Gasteiger partial charge in [-0.3, -0.25) is 4.79 Å². The average Bonchev–Trinajstić information content (AvgIpc) is 2.56. The van der Waals surface area contributed by atoms with Crippen LogP contribution < -0.4 is 10.6 Å². The number of rotatable bonds is 4. The van der Waals surface area contributed by atoms with Crippen LogP contribution in [0.3, 0.4) is 0 Å². The van der Waals surface area contributed by atoms with Gasteiger partial charge in [-0.2, -0.15) is 5.26 Å². The van der Waals surface area contributed by atoms with E-state index >= 15 is 0 Å². The minimum absolute atomic E-state index is 0.0303. The molecular formula is C18H15FN4O. The lowest BCUT2D eigenvalue weighted by Gasteiger charge is -2.20. The standard InChI is InChI=1S/C18H15FN4O/c1-4-18(2,3)23-17(24)15-9-13(19)11-21-16(15)22-14-7-5-12(10-20)6-8-14/h1,5-9,11H,2-3H3,(H,21,22)(H,23,24). The first-order valence-corrected chi connectivity index (χ1v) is 7.07. The van der Waals surface area contributed by atoms with Gasteiger partial charge in [0.15, 0.2) is 0 Å². The zero-order valence-electron chi connectivity index (χ0n) is 13.2. The van der Waals surface area contributed by atoms with Gasteiger partial charge in [-0.05, 0) is 44.2 Å². The molecule has 0 spiro atoms. The van der Waals surface area contributed by atoms with Crippen LogP contribution in [0, 0.1) is 29.5 Å². The van der Waals surface area contributed by atoms with Crippen LogP contribution in [0.25, 0.3) is 0 Å². The molecule has 0 aliphatic rings. The largest absolute Gasteiger partial charge is 0.340 e.